The fraction of sp³-hybridized carbons (Fsp3) is 0.571. The van der Waals surface area contributed by atoms with E-state index in [-0.39, 0.29) is 0 Å². The molecule has 4 nitrogen and oxygen atoms in total. The second kappa shape index (κ2) is 6.03. The minimum atomic E-state index is 0.347. The molecule has 1 aromatic rings. The highest BCUT2D eigenvalue weighted by Crippen LogP contribution is 2.31. The number of anilines is 1. The van der Waals surface area contributed by atoms with Gasteiger partial charge >= 0.3 is 0 Å². The van der Waals surface area contributed by atoms with Crippen molar-refractivity contribution < 1.29 is 9.47 Å². The third-order valence-corrected chi connectivity index (χ3v) is 4.57. The molecular formula is C14H20N2O2S. The molecule has 0 saturated carbocycles. The molecule has 1 aromatic carbocycles. The predicted octanol–water partition coefficient (Wildman–Crippen LogP) is 2.07. The Morgan fingerprint density at radius 1 is 1.26 bits per heavy atom. The Kier molecular flexibility index (Phi) is 4.15. The molecule has 0 spiro atoms. The van der Waals surface area contributed by atoms with Gasteiger partial charge in [0.15, 0.2) is 6.79 Å². The summed E-state index contributed by atoms with van der Waals surface area (Å²) in [4.78, 5) is 2.49. The van der Waals surface area contributed by atoms with Crippen LogP contribution in [-0.2, 0) is 17.9 Å². The van der Waals surface area contributed by atoms with Gasteiger partial charge in [0, 0.05) is 35.7 Å². The molecule has 0 amide bonds. The Labute approximate surface area is 118 Å². The standard InChI is InChI=1S/C14H20N2O2S/c15-13-6-11(8-16-2-1-4-19-5-3-16)14-12(7-13)9-17-10-18-14/h6-7H,1-5,8-10,15H2. The molecule has 1 saturated heterocycles. The van der Waals surface area contributed by atoms with Crippen molar-refractivity contribution in [1.82, 2.24) is 4.90 Å². The van der Waals surface area contributed by atoms with Crippen LogP contribution in [0.4, 0.5) is 5.69 Å². The molecule has 19 heavy (non-hydrogen) atoms. The summed E-state index contributed by atoms with van der Waals surface area (Å²) in [6.07, 6.45) is 1.26. The number of ether oxygens (including phenoxy) is 2. The number of nitrogen functional groups attached to an aromatic ring is 1. The first-order valence-corrected chi connectivity index (χ1v) is 7.90. The van der Waals surface area contributed by atoms with Crippen LogP contribution in [-0.4, -0.2) is 36.3 Å². The molecule has 2 aliphatic rings. The molecule has 5 heteroatoms. The Morgan fingerprint density at radius 2 is 2.21 bits per heavy atom. The Morgan fingerprint density at radius 3 is 3.16 bits per heavy atom. The van der Waals surface area contributed by atoms with Crippen LogP contribution < -0.4 is 10.5 Å². The summed E-state index contributed by atoms with van der Waals surface area (Å²) in [6, 6.07) is 4.00. The summed E-state index contributed by atoms with van der Waals surface area (Å²) >= 11 is 2.04. The molecule has 0 atom stereocenters. The summed E-state index contributed by atoms with van der Waals surface area (Å²) in [5.74, 6) is 3.47. The summed E-state index contributed by atoms with van der Waals surface area (Å²) in [5.41, 5.74) is 9.06. The van der Waals surface area contributed by atoms with E-state index in [9.17, 15) is 0 Å². The SMILES string of the molecule is Nc1cc2c(c(CN3CCCSCC3)c1)OCOC2. The van der Waals surface area contributed by atoms with E-state index in [0.717, 1.165) is 36.6 Å². The van der Waals surface area contributed by atoms with Gasteiger partial charge in [0.2, 0.25) is 0 Å². The number of hydrogen-bond acceptors (Lipinski definition) is 5. The minimum Gasteiger partial charge on any atom is -0.467 e. The van der Waals surface area contributed by atoms with Crippen molar-refractivity contribution in [3.05, 3.63) is 23.3 Å². The van der Waals surface area contributed by atoms with Gasteiger partial charge in [-0.1, -0.05) is 0 Å². The zero-order valence-corrected chi connectivity index (χ0v) is 11.9. The van der Waals surface area contributed by atoms with Gasteiger partial charge in [-0.15, -0.1) is 0 Å². The summed E-state index contributed by atoms with van der Waals surface area (Å²) in [7, 11) is 0. The molecule has 3 rings (SSSR count). The van der Waals surface area contributed by atoms with Crippen LogP contribution in [0.1, 0.15) is 17.5 Å². The monoisotopic (exact) mass is 280 g/mol. The summed E-state index contributed by atoms with van der Waals surface area (Å²) in [6.45, 7) is 4.18. The number of benzene rings is 1. The molecular weight excluding hydrogens is 260 g/mol. The van der Waals surface area contributed by atoms with Crippen molar-refractivity contribution >= 4 is 17.4 Å². The van der Waals surface area contributed by atoms with E-state index >= 15 is 0 Å². The first-order chi connectivity index (χ1) is 9.33. The molecule has 0 bridgehead atoms. The number of rotatable bonds is 2. The van der Waals surface area contributed by atoms with Crippen molar-refractivity contribution in [3.63, 3.8) is 0 Å². The first kappa shape index (κ1) is 13.1. The number of thioether (sulfide) groups is 1. The second-order valence-corrected chi connectivity index (χ2v) is 6.25. The van der Waals surface area contributed by atoms with Crippen molar-refractivity contribution in [2.75, 3.05) is 37.1 Å². The lowest BCUT2D eigenvalue weighted by Crippen LogP contribution is -2.26. The number of nitrogens with zero attached hydrogens (tertiary/aromatic N) is 1. The topological polar surface area (TPSA) is 47.7 Å². The lowest BCUT2D eigenvalue weighted by molar-refractivity contribution is -0.0174. The maximum absolute atomic E-state index is 5.98. The van der Waals surface area contributed by atoms with E-state index in [4.69, 9.17) is 15.2 Å². The van der Waals surface area contributed by atoms with E-state index in [0.29, 0.717) is 13.4 Å². The average molecular weight is 280 g/mol. The fourth-order valence-corrected chi connectivity index (χ4v) is 3.57. The van der Waals surface area contributed by atoms with Crippen molar-refractivity contribution in [3.8, 4) is 5.75 Å². The summed E-state index contributed by atoms with van der Waals surface area (Å²) < 4.78 is 11.0. The Bertz CT molecular complexity index is 445. The number of hydrogen-bond donors (Lipinski definition) is 1. The van der Waals surface area contributed by atoms with Crippen LogP contribution in [0, 0.1) is 0 Å². The molecule has 0 aliphatic carbocycles. The average Bonchev–Trinajstić information content (AvgIpc) is 2.67. The van der Waals surface area contributed by atoms with Crippen molar-refractivity contribution in [2.24, 2.45) is 0 Å². The van der Waals surface area contributed by atoms with E-state index in [1.165, 1.54) is 23.5 Å². The third-order valence-electron chi connectivity index (χ3n) is 3.52. The smallest absolute Gasteiger partial charge is 0.189 e. The lowest BCUT2D eigenvalue weighted by atomic mass is 10.1. The zero-order valence-electron chi connectivity index (χ0n) is 11.1. The number of fused-ring (bicyclic) bond motifs is 1. The van der Waals surface area contributed by atoms with Crippen molar-refractivity contribution in [2.45, 2.75) is 19.6 Å². The second-order valence-electron chi connectivity index (χ2n) is 5.02. The minimum absolute atomic E-state index is 0.347. The van der Waals surface area contributed by atoms with Gasteiger partial charge in [-0.3, -0.25) is 4.90 Å². The van der Waals surface area contributed by atoms with Crippen LogP contribution in [0.15, 0.2) is 12.1 Å². The molecule has 0 radical (unpaired) electrons. The molecule has 2 N–H and O–H groups in total. The third kappa shape index (κ3) is 3.16. The van der Waals surface area contributed by atoms with E-state index in [2.05, 4.69) is 4.90 Å². The molecule has 2 aliphatic heterocycles. The molecule has 0 aromatic heterocycles. The highest BCUT2D eigenvalue weighted by Gasteiger charge is 2.18. The van der Waals surface area contributed by atoms with E-state index < -0.39 is 0 Å². The summed E-state index contributed by atoms with van der Waals surface area (Å²) in [5, 5.41) is 0. The van der Waals surface area contributed by atoms with E-state index in [1.54, 1.807) is 0 Å². The van der Waals surface area contributed by atoms with Crippen LogP contribution in [0.25, 0.3) is 0 Å². The Hall–Kier alpha value is -0.910. The van der Waals surface area contributed by atoms with Crippen LogP contribution in [0.2, 0.25) is 0 Å². The number of nitrogens with two attached hydrogens (primary N) is 1. The van der Waals surface area contributed by atoms with Gasteiger partial charge in [0.05, 0.1) is 6.61 Å². The molecule has 1 fully saturated rings. The lowest BCUT2D eigenvalue weighted by Gasteiger charge is -2.25. The highest BCUT2D eigenvalue weighted by atomic mass is 32.2. The van der Waals surface area contributed by atoms with Gasteiger partial charge in [-0.2, -0.15) is 11.8 Å². The largest absolute Gasteiger partial charge is 0.467 e. The van der Waals surface area contributed by atoms with E-state index in [1.807, 2.05) is 23.9 Å². The quantitative estimate of drug-likeness (QED) is 0.840. The van der Waals surface area contributed by atoms with Gasteiger partial charge in [-0.05, 0) is 30.9 Å². The fourth-order valence-electron chi connectivity index (χ4n) is 2.64. The predicted molar refractivity (Wildman–Crippen MR) is 78.4 cm³/mol. The van der Waals surface area contributed by atoms with Crippen LogP contribution in [0.3, 0.4) is 0 Å². The molecule has 104 valence electrons. The van der Waals surface area contributed by atoms with Gasteiger partial charge in [-0.25, -0.2) is 0 Å². The Balaban J connectivity index is 1.81. The first-order valence-electron chi connectivity index (χ1n) is 6.75. The normalized spacial score (nSPS) is 20.4. The van der Waals surface area contributed by atoms with Gasteiger partial charge < -0.3 is 15.2 Å². The maximum atomic E-state index is 5.98. The maximum Gasteiger partial charge on any atom is 0.189 e. The molecule has 2 heterocycles. The van der Waals surface area contributed by atoms with Crippen LogP contribution in [0.5, 0.6) is 5.75 Å². The van der Waals surface area contributed by atoms with Gasteiger partial charge in [0.25, 0.3) is 0 Å². The van der Waals surface area contributed by atoms with Crippen LogP contribution >= 0.6 is 11.8 Å². The van der Waals surface area contributed by atoms with Gasteiger partial charge in [0.1, 0.15) is 5.75 Å². The highest BCUT2D eigenvalue weighted by molar-refractivity contribution is 7.99. The molecule has 0 unspecified atom stereocenters. The van der Waals surface area contributed by atoms with Crippen molar-refractivity contribution in [1.29, 1.82) is 0 Å². The zero-order chi connectivity index (χ0) is 13.1.